The first-order valence-corrected chi connectivity index (χ1v) is 5.04. The van der Waals surface area contributed by atoms with Gasteiger partial charge in [-0.25, -0.2) is 0 Å². The summed E-state index contributed by atoms with van der Waals surface area (Å²) in [7, 11) is 4.05. The van der Waals surface area contributed by atoms with E-state index in [1.165, 1.54) is 5.56 Å². The molecule has 0 spiro atoms. The topological polar surface area (TPSA) is 37.3 Å². The zero-order chi connectivity index (χ0) is 11.5. The van der Waals surface area contributed by atoms with E-state index in [0.717, 1.165) is 5.69 Å². The SMILES string of the molecule is Cc1cccc([N+](C)(C)CCC(=O)O)c1. The van der Waals surface area contributed by atoms with Gasteiger partial charge in [0, 0.05) is 6.07 Å². The van der Waals surface area contributed by atoms with Crippen molar-refractivity contribution in [3.05, 3.63) is 29.8 Å². The Morgan fingerprint density at radius 1 is 1.40 bits per heavy atom. The summed E-state index contributed by atoms with van der Waals surface area (Å²) in [5, 5.41) is 8.67. The van der Waals surface area contributed by atoms with Crippen LogP contribution >= 0.6 is 0 Å². The molecule has 0 unspecified atom stereocenters. The summed E-state index contributed by atoms with van der Waals surface area (Å²) in [6.45, 7) is 2.65. The van der Waals surface area contributed by atoms with Gasteiger partial charge in [0.25, 0.3) is 0 Å². The van der Waals surface area contributed by atoms with E-state index in [9.17, 15) is 4.79 Å². The molecule has 0 bridgehead atoms. The Morgan fingerprint density at radius 2 is 2.07 bits per heavy atom. The summed E-state index contributed by atoms with van der Waals surface area (Å²) < 4.78 is 0.605. The van der Waals surface area contributed by atoms with Crippen LogP contribution in [0.5, 0.6) is 0 Å². The van der Waals surface area contributed by atoms with Gasteiger partial charge < -0.3 is 5.11 Å². The second kappa shape index (κ2) is 4.45. The molecule has 0 aliphatic rings. The van der Waals surface area contributed by atoms with Gasteiger partial charge in [-0.2, -0.15) is 0 Å². The van der Waals surface area contributed by atoms with Crippen LogP contribution in [0.2, 0.25) is 0 Å². The first-order valence-electron chi connectivity index (χ1n) is 5.04. The normalized spacial score (nSPS) is 11.4. The van der Waals surface area contributed by atoms with Crippen molar-refractivity contribution in [2.45, 2.75) is 13.3 Å². The highest BCUT2D eigenvalue weighted by Crippen LogP contribution is 2.20. The van der Waals surface area contributed by atoms with E-state index in [4.69, 9.17) is 5.11 Å². The Hall–Kier alpha value is -1.35. The highest BCUT2D eigenvalue weighted by atomic mass is 16.4. The predicted octanol–water partition coefficient (Wildman–Crippen LogP) is 2.04. The minimum absolute atomic E-state index is 0.195. The number of aliphatic carboxylic acids is 1. The van der Waals surface area contributed by atoms with Gasteiger partial charge >= 0.3 is 5.97 Å². The summed E-state index contributed by atoms with van der Waals surface area (Å²) in [6.07, 6.45) is 0.195. The average Bonchev–Trinajstić information content (AvgIpc) is 2.15. The number of nitrogens with zero attached hydrogens (tertiary/aromatic N) is 1. The molecule has 0 aromatic heterocycles. The fourth-order valence-corrected chi connectivity index (χ4v) is 1.51. The molecule has 1 rings (SSSR count). The number of carboxylic acids is 1. The summed E-state index contributed by atoms with van der Waals surface area (Å²) in [4.78, 5) is 10.5. The number of hydrogen-bond acceptors (Lipinski definition) is 1. The van der Waals surface area contributed by atoms with Crippen LogP contribution in [0, 0.1) is 6.92 Å². The minimum atomic E-state index is -0.742. The highest BCUT2D eigenvalue weighted by molar-refractivity contribution is 5.67. The molecule has 3 heteroatoms. The lowest BCUT2D eigenvalue weighted by atomic mass is 10.2. The molecule has 1 aromatic carbocycles. The number of carbonyl (C=O) groups is 1. The van der Waals surface area contributed by atoms with E-state index in [2.05, 4.69) is 6.07 Å². The molecule has 0 atom stereocenters. The lowest BCUT2D eigenvalue weighted by Gasteiger charge is -2.28. The lowest BCUT2D eigenvalue weighted by Crippen LogP contribution is -2.42. The third-order valence-electron chi connectivity index (χ3n) is 2.59. The van der Waals surface area contributed by atoms with E-state index < -0.39 is 5.97 Å². The molecule has 1 aromatic rings. The van der Waals surface area contributed by atoms with Crippen LogP contribution in [-0.2, 0) is 4.79 Å². The third-order valence-corrected chi connectivity index (χ3v) is 2.59. The quantitative estimate of drug-likeness (QED) is 0.769. The molecule has 0 amide bonds. The Kier molecular flexibility index (Phi) is 3.48. The highest BCUT2D eigenvalue weighted by Gasteiger charge is 2.19. The van der Waals surface area contributed by atoms with Crippen molar-refractivity contribution in [3.8, 4) is 0 Å². The Bertz CT molecular complexity index is 358. The van der Waals surface area contributed by atoms with Crippen molar-refractivity contribution in [2.75, 3.05) is 20.6 Å². The van der Waals surface area contributed by atoms with E-state index in [-0.39, 0.29) is 6.42 Å². The number of hydrogen-bond donors (Lipinski definition) is 1. The molecular formula is C12H18NO2+. The zero-order valence-corrected chi connectivity index (χ0v) is 9.53. The van der Waals surface area contributed by atoms with Gasteiger partial charge in [-0.1, -0.05) is 12.1 Å². The smallest absolute Gasteiger partial charge is 0.309 e. The van der Waals surface area contributed by atoms with Gasteiger partial charge in [0.15, 0.2) is 0 Å². The fraction of sp³-hybridized carbons (Fsp3) is 0.417. The number of rotatable bonds is 4. The van der Waals surface area contributed by atoms with Gasteiger partial charge in [-0.15, -0.1) is 0 Å². The van der Waals surface area contributed by atoms with Gasteiger partial charge in [-0.05, 0) is 18.6 Å². The second-order valence-electron chi connectivity index (χ2n) is 4.39. The molecule has 82 valence electrons. The molecule has 0 heterocycles. The van der Waals surface area contributed by atoms with E-state index in [1.807, 2.05) is 39.2 Å². The van der Waals surface area contributed by atoms with E-state index >= 15 is 0 Å². The van der Waals surface area contributed by atoms with Crippen molar-refractivity contribution >= 4 is 11.7 Å². The molecule has 0 radical (unpaired) electrons. The standard InChI is InChI=1S/C12H17NO2/c1-10-5-4-6-11(9-10)13(2,3)8-7-12(14)15/h4-6,9H,7-8H2,1-3H3/p+1. The molecule has 0 saturated carbocycles. The molecule has 0 aliphatic carbocycles. The van der Waals surface area contributed by atoms with Crippen molar-refractivity contribution in [1.29, 1.82) is 0 Å². The zero-order valence-electron chi connectivity index (χ0n) is 9.53. The largest absolute Gasteiger partial charge is 0.481 e. The fourth-order valence-electron chi connectivity index (χ4n) is 1.51. The summed E-state index contributed by atoms with van der Waals surface area (Å²) in [5.74, 6) is -0.742. The first-order chi connectivity index (χ1) is 6.92. The van der Waals surface area contributed by atoms with Crippen LogP contribution in [-0.4, -0.2) is 31.7 Å². The molecule has 0 fully saturated rings. The molecule has 0 saturated heterocycles. The van der Waals surface area contributed by atoms with Crippen molar-refractivity contribution in [3.63, 3.8) is 0 Å². The van der Waals surface area contributed by atoms with Gasteiger partial charge in [0.05, 0.1) is 27.1 Å². The van der Waals surface area contributed by atoms with Crippen molar-refractivity contribution in [1.82, 2.24) is 4.48 Å². The van der Waals surface area contributed by atoms with Gasteiger partial charge in [0.2, 0.25) is 0 Å². The molecular weight excluding hydrogens is 190 g/mol. The maximum Gasteiger partial charge on any atom is 0.309 e. The molecule has 0 aliphatic heterocycles. The average molecular weight is 208 g/mol. The van der Waals surface area contributed by atoms with Crippen LogP contribution < -0.4 is 4.48 Å². The second-order valence-corrected chi connectivity index (χ2v) is 4.39. The maximum absolute atomic E-state index is 10.5. The summed E-state index contributed by atoms with van der Waals surface area (Å²) in [6, 6.07) is 8.18. The van der Waals surface area contributed by atoms with Crippen LogP contribution in [0.3, 0.4) is 0 Å². The maximum atomic E-state index is 10.5. The van der Waals surface area contributed by atoms with Crippen molar-refractivity contribution in [2.24, 2.45) is 0 Å². The molecule has 15 heavy (non-hydrogen) atoms. The van der Waals surface area contributed by atoms with Gasteiger partial charge in [0.1, 0.15) is 5.69 Å². The lowest BCUT2D eigenvalue weighted by molar-refractivity contribution is -0.137. The van der Waals surface area contributed by atoms with Crippen LogP contribution in [0.15, 0.2) is 24.3 Å². The molecule has 1 N–H and O–H groups in total. The Labute approximate surface area is 90.5 Å². The first kappa shape index (κ1) is 11.7. The van der Waals surface area contributed by atoms with E-state index in [0.29, 0.717) is 11.0 Å². The number of aryl methyl sites for hydroxylation is 1. The summed E-state index contributed by atoms with van der Waals surface area (Å²) in [5.41, 5.74) is 2.35. The number of benzene rings is 1. The van der Waals surface area contributed by atoms with Crippen LogP contribution in [0.1, 0.15) is 12.0 Å². The number of quaternary nitrogens is 1. The minimum Gasteiger partial charge on any atom is -0.481 e. The monoisotopic (exact) mass is 208 g/mol. The van der Waals surface area contributed by atoms with Crippen molar-refractivity contribution < 1.29 is 9.90 Å². The van der Waals surface area contributed by atoms with Gasteiger partial charge in [-0.3, -0.25) is 9.28 Å². The van der Waals surface area contributed by atoms with E-state index in [1.54, 1.807) is 0 Å². The Balaban J connectivity index is 2.80. The number of carboxylic acid groups (broad SMARTS) is 1. The third kappa shape index (κ3) is 3.36. The predicted molar refractivity (Wildman–Crippen MR) is 61.9 cm³/mol. The molecule has 3 nitrogen and oxygen atoms in total. The Morgan fingerprint density at radius 3 is 2.60 bits per heavy atom. The van der Waals surface area contributed by atoms with Crippen LogP contribution in [0.4, 0.5) is 5.69 Å². The van der Waals surface area contributed by atoms with Crippen LogP contribution in [0.25, 0.3) is 0 Å². The summed E-state index contributed by atoms with van der Waals surface area (Å²) >= 11 is 0.